The Bertz CT molecular complexity index is 2010. The zero-order valence-corrected chi connectivity index (χ0v) is 25.1. The lowest BCUT2D eigenvalue weighted by atomic mass is 10.1. The second kappa shape index (κ2) is 11.4. The first-order valence-corrected chi connectivity index (χ1v) is 15.0. The molecule has 6 rings (SSSR count). The maximum Gasteiger partial charge on any atom is 0.270 e. The summed E-state index contributed by atoms with van der Waals surface area (Å²) in [6, 6.07) is 19.9. The highest BCUT2D eigenvalue weighted by Crippen LogP contribution is 2.37. The molecule has 14 heteroatoms. The molecule has 202 valence electrons. The number of hydrogen-bond donors (Lipinski definition) is 1. The number of H-pyrrole nitrogens is 1. The summed E-state index contributed by atoms with van der Waals surface area (Å²) >= 11 is 28.1. The Labute approximate surface area is 260 Å². The van der Waals surface area contributed by atoms with Gasteiger partial charge in [0, 0.05) is 16.9 Å². The lowest BCUT2D eigenvalue weighted by molar-refractivity contribution is 0.934. The molecule has 1 N–H and O–H groups in total. The van der Waals surface area contributed by atoms with E-state index in [0.29, 0.717) is 52.9 Å². The molecule has 0 aliphatic carbocycles. The van der Waals surface area contributed by atoms with Gasteiger partial charge in [-0.25, -0.2) is 4.98 Å². The van der Waals surface area contributed by atoms with Crippen molar-refractivity contribution in [2.75, 3.05) is 0 Å². The normalized spacial score (nSPS) is 11.2. The molecular formula is C27H13Cl4N7OS2. The van der Waals surface area contributed by atoms with E-state index in [9.17, 15) is 10.1 Å². The molecule has 0 saturated heterocycles. The van der Waals surface area contributed by atoms with Crippen LogP contribution in [0.25, 0.3) is 38.2 Å². The zero-order chi connectivity index (χ0) is 28.7. The average molecular weight is 657 g/mol. The third-order valence-corrected chi connectivity index (χ3v) is 9.11. The van der Waals surface area contributed by atoms with Crippen LogP contribution in [0, 0.1) is 11.3 Å². The molecule has 0 fully saturated rings. The second-order valence-electron chi connectivity index (χ2n) is 8.51. The van der Waals surface area contributed by atoms with E-state index in [0.717, 1.165) is 16.1 Å². The Balaban J connectivity index is 1.24. The molecule has 0 spiro atoms. The summed E-state index contributed by atoms with van der Waals surface area (Å²) in [5.74, 6) is 0.970. The van der Waals surface area contributed by atoms with Crippen molar-refractivity contribution in [3.8, 4) is 39.3 Å². The second-order valence-corrected chi connectivity index (χ2v) is 12.1. The minimum Gasteiger partial charge on any atom is -0.300 e. The van der Waals surface area contributed by atoms with Gasteiger partial charge in [0.05, 0.1) is 31.3 Å². The first-order valence-electron chi connectivity index (χ1n) is 11.7. The van der Waals surface area contributed by atoms with Gasteiger partial charge in [-0.2, -0.15) is 14.9 Å². The van der Waals surface area contributed by atoms with Gasteiger partial charge >= 0.3 is 0 Å². The number of fused-ring (bicyclic) bond motifs is 1. The number of halogens is 4. The largest absolute Gasteiger partial charge is 0.300 e. The fourth-order valence-electron chi connectivity index (χ4n) is 4.03. The van der Waals surface area contributed by atoms with E-state index in [1.807, 2.05) is 30.3 Å². The number of nitrogens with zero attached hydrogens (tertiary/aromatic N) is 6. The zero-order valence-electron chi connectivity index (χ0n) is 20.4. The van der Waals surface area contributed by atoms with Crippen LogP contribution in [0.1, 0.15) is 11.1 Å². The topological polar surface area (TPSA) is 113 Å². The number of rotatable bonds is 6. The van der Waals surface area contributed by atoms with Crippen LogP contribution < -0.4 is 5.56 Å². The van der Waals surface area contributed by atoms with E-state index >= 15 is 0 Å². The molecule has 3 heterocycles. The van der Waals surface area contributed by atoms with Gasteiger partial charge in [-0.3, -0.25) is 4.79 Å². The van der Waals surface area contributed by atoms with Crippen molar-refractivity contribution >= 4 is 74.5 Å². The van der Waals surface area contributed by atoms with Crippen molar-refractivity contribution in [3.63, 3.8) is 0 Å². The van der Waals surface area contributed by atoms with Crippen molar-refractivity contribution in [1.82, 2.24) is 29.8 Å². The van der Waals surface area contributed by atoms with Gasteiger partial charge in [0.15, 0.2) is 11.0 Å². The predicted molar refractivity (Wildman–Crippen MR) is 164 cm³/mol. The first-order chi connectivity index (χ1) is 19.8. The number of nitrogens with one attached hydrogen (secondary N) is 1. The fourth-order valence-corrected chi connectivity index (χ4v) is 6.83. The summed E-state index contributed by atoms with van der Waals surface area (Å²) in [4.78, 5) is 20.4. The molecule has 41 heavy (non-hydrogen) atoms. The molecule has 0 aliphatic rings. The van der Waals surface area contributed by atoms with Crippen LogP contribution in [-0.4, -0.2) is 29.8 Å². The first kappa shape index (κ1) is 27.7. The summed E-state index contributed by atoms with van der Waals surface area (Å²) in [7, 11) is 0. The fraction of sp³-hybridized carbons (Fsp3) is 0.0370. The Hall–Kier alpha value is -3.43. The van der Waals surface area contributed by atoms with Crippen molar-refractivity contribution in [2.45, 2.75) is 10.9 Å². The number of hydrogen-bond acceptors (Lipinski definition) is 8. The van der Waals surface area contributed by atoms with Crippen LogP contribution in [-0.2, 0) is 5.75 Å². The van der Waals surface area contributed by atoms with Gasteiger partial charge in [-0.1, -0.05) is 106 Å². The van der Waals surface area contributed by atoms with Crippen LogP contribution in [0.15, 0.2) is 70.6 Å². The van der Waals surface area contributed by atoms with E-state index in [4.69, 9.17) is 51.5 Å². The van der Waals surface area contributed by atoms with Gasteiger partial charge in [0.2, 0.25) is 4.96 Å². The van der Waals surface area contributed by atoms with E-state index in [1.165, 1.54) is 23.1 Å². The molecule has 0 atom stereocenters. The third-order valence-electron chi connectivity index (χ3n) is 5.96. The van der Waals surface area contributed by atoms with E-state index < -0.39 is 5.56 Å². The molecule has 0 amide bonds. The van der Waals surface area contributed by atoms with Crippen LogP contribution >= 0.6 is 69.5 Å². The van der Waals surface area contributed by atoms with Crippen LogP contribution in [0.2, 0.25) is 20.1 Å². The third kappa shape index (κ3) is 5.33. The standard InChI is InChI=1S/C27H13Cl4N7OS2/c28-16-3-1-4-17(29)20(16)22-15(11-32)24(39)34-26(33-22)40-12-13-7-9-14(10-8-13)25-37-38-23(35-36-27(38)41-25)21-18(30)5-2-6-19(21)31/h1-10H,12H2,(H,33,34,39). The smallest absolute Gasteiger partial charge is 0.270 e. The number of thioether (sulfide) groups is 1. The van der Waals surface area contributed by atoms with Crippen molar-refractivity contribution in [1.29, 1.82) is 5.26 Å². The lowest BCUT2D eigenvalue weighted by Gasteiger charge is -2.10. The highest BCUT2D eigenvalue weighted by atomic mass is 35.5. The summed E-state index contributed by atoms with van der Waals surface area (Å²) in [5.41, 5.74) is 2.22. The highest BCUT2D eigenvalue weighted by molar-refractivity contribution is 7.98. The Morgan fingerprint density at radius 3 is 2.17 bits per heavy atom. The quantitative estimate of drug-likeness (QED) is 0.143. The maximum absolute atomic E-state index is 12.7. The van der Waals surface area contributed by atoms with Gasteiger partial charge in [-0.15, -0.1) is 10.2 Å². The van der Waals surface area contributed by atoms with Gasteiger partial charge < -0.3 is 4.98 Å². The van der Waals surface area contributed by atoms with Crippen molar-refractivity contribution < 1.29 is 0 Å². The Morgan fingerprint density at radius 2 is 1.54 bits per heavy atom. The molecule has 3 aromatic heterocycles. The molecule has 0 radical (unpaired) electrons. The Kier molecular flexibility index (Phi) is 7.74. The summed E-state index contributed by atoms with van der Waals surface area (Å²) < 4.78 is 1.63. The van der Waals surface area contributed by atoms with Gasteiger partial charge in [0.1, 0.15) is 16.6 Å². The molecule has 0 saturated carbocycles. The monoisotopic (exact) mass is 655 g/mol. The predicted octanol–water partition coefficient (Wildman–Crippen LogP) is 8.05. The molecule has 0 aliphatic heterocycles. The summed E-state index contributed by atoms with van der Waals surface area (Å²) in [6.45, 7) is 0. The van der Waals surface area contributed by atoms with Crippen molar-refractivity contribution in [3.05, 3.63) is 102 Å². The minimum atomic E-state index is -0.563. The Morgan fingerprint density at radius 1 is 0.902 bits per heavy atom. The number of benzene rings is 3. The maximum atomic E-state index is 12.7. The number of nitriles is 1. The van der Waals surface area contributed by atoms with E-state index in [2.05, 4.69) is 20.2 Å². The lowest BCUT2D eigenvalue weighted by Crippen LogP contribution is -2.15. The number of aromatic amines is 1. The minimum absolute atomic E-state index is 0.144. The summed E-state index contributed by atoms with van der Waals surface area (Å²) in [5, 5.41) is 25.3. The van der Waals surface area contributed by atoms with Crippen LogP contribution in [0.5, 0.6) is 0 Å². The molecule has 3 aromatic carbocycles. The molecule has 0 bridgehead atoms. The molecule has 0 unspecified atom stereocenters. The van der Waals surface area contributed by atoms with Crippen LogP contribution in [0.3, 0.4) is 0 Å². The summed E-state index contributed by atoms with van der Waals surface area (Å²) in [6.07, 6.45) is 0. The average Bonchev–Trinajstić information content (AvgIpc) is 3.54. The molecular weight excluding hydrogens is 644 g/mol. The SMILES string of the molecule is N#Cc1c(-c2c(Cl)cccc2Cl)nc(SCc2ccc(-c3nn4c(-c5c(Cl)cccc5Cl)nnc4s3)cc2)[nH]c1=O. The van der Waals surface area contributed by atoms with Gasteiger partial charge in [0.25, 0.3) is 5.56 Å². The number of aromatic nitrogens is 6. The van der Waals surface area contributed by atoms with Gasteiger partial charge in [-0.05, 0) is 29.8 Å². The van der Waals surface area contributed by atoms with Crippen LogP contribution in [0.4, 0.5) is 0 Å². The van der Waals surface area contributed by atoms with Crippen molar-refractivity contribution in [2.24, 2.45) is 0 Å². The van der Waals surface area contributed by atoms with E-state index in [-0.39, 0.29) is 11.3 Å². The molecule has 8 nitrogen and oxygen atoms in total. The highest BCUT2D eigenvalue weighted by Gasteiger charge is 2.20. The van der Waals surface area contributed by atoms with E-state index in [1.54, 1.807) is 40.9 Å². The molecule has 6 aromatic rings.